The fourth-order valence-electron chi connectivity index (χ4n) is 3.16. The zero-order valence-corrected chi connectivity index (χ0v) is 16.1. The van der Waals surface area contributed by atoms with Gasteiger partial charge in [-0.2, -0.15) is 13.2 Å². The molecule has 0 spiro atoms. The molecule has 1 heterocycles. The molecule has 3 rings (SSSR count). The van der Waals surface area contributed by atoms with Crippen LogP contribution in [-0.4, -0.2) is 49.1 Å². The molecular weight excluding hydrogens is 407 g/mol. The summed E-state index contributed by atoms with van der Waals surface area (Å²) in [4.78, 5) is 26.1. The van der Waals surface area contributed by atoms with Crippen molar-refractivity contribution in [2.45, 2.75) is 12.6 Å². The number of anilines is 2. The first kappa shape index (κ1) is 21.0. The summed E-state index contributed by atoms with van der Waals surface area (Å²) in [5, 5.41) is 3.15. The Labute approximate surface area is 171 Å². The first-order valence-electron chi connectivity index (χ1n) is 8.98. The van der Waals surface area contributed by atoms with Crippen LogP contribution < -0.4 is 10.2 Å². The summed E-state index contributed by atoms with van der Waals surface area (Å²) in [7, 11) is 0. The van der Waals surface area contributed by atoms with Crippen LogP contribution >= 0.6 is 11.6 Å². The molecule has 1 saturated heterocycles. The quantitative estimate of drug-likeness (QED) is 0.812. The highest BCUT2D eigenvalue weighted by molar-refractivity contribution is 6.33. The van der Waals surface area contributed by atoms with E-state index in [-0.39, 0.29) is 38.5 Å². The molecule has 0 atom stereocenters. The minimum absolute atomic E-state index is 0.0375. The van der Waals surface area contributed by atoms with Crippen molar-refractivity contribution in [3.05, 3.63) is 59.1 Å². The third kappa shape index (κ3) is 5.41. The van der Waals surface area contributed by atoms with Crippen LogP contribution in [0.2, 0.25) is 5.02 Å². The van der Waals surface area contributed by atoms with Crippen molar-refractivity contribution >= 4 is 34.8 Å². The average molecular weight is 426 g/mol. The molecule has 1 aliphatic heterocycles. The Hall–Kier alpha value is -2.74. The fourth-order valence-corrected chi connectivity index (χ4v) is 3.46. The number of rotatable bonds is 4. The molecule has 1 N–H and O–H groups in total. The lowest BCUT2D eigenvalue weighted by Crippen LogP contribution is -2.52. The Morgan fingerprint density at radius 3 is 2.24 bits per heavy atom. The summed E-state index contributed by atoms with van der Waals surface area (Å²) in [6.45, 7) is 0.400. The van der Waals surface area contributed by atoms with Crippen LogP contribution in [0.1, 0.15) is 5.56 Å². The Morgan fingerprint density at radius 1 is 1.00 bits per heavy atom. The molecule has 0 saturated carbocycles. The third-order valence-corrected chi connectivity index (χ3v) is 4.89. The van der Waals surface area contributed by atoms with Gasteiger partial charge in [-0.1, -0.05) is 41.9 Å². The molecule has 0 aliphatic carbocycles. The van der Waals surface area contributed by atoms with Crippen LogP contribution in [0, 0.1) is 0 Å². The Kier molecular flexibility index (Phi) is 6.32. The molecule has 1 fully saturated rings. The van der Waals surface area contributed by atoms with E-state index < -0.39 is 12.1 Å². The average Bonchev–Trinajstić information content (AvgIpc) is 2.68. The molecular formula is C20H19ClF3N3O2. The SMILES string of the molecule is O=C(Cc1ccccc1)Nc1ccc(N2CCN(C(=O)C(F)(F)F)CC2)c(Cl)c1. The molecule has 1 aliphatic rings. The van der Waals surface area contributed by atoms with Gasteiger partial charge in [-0.25, -0.2) is 0 Å². The second-order valence-electron chi connectivity index (χ2n) is 6.65. The van der Waals surface area contributed by atoms with E-state index >= 15 is 0 Å². The summed E-state index contributed by atoms with van der Waals surface area (Å²) < 4.78 is 37.6. The van der Waals surface area contributed by atoms with Crippen molar-refractivity contribution in [1.29, 1.82) is 0 Å². The largest absolute Gasteiger partial charge is 0.471 e. The number of piperazine rings is 1. The van der Waals surface area contributed by atoms with Crippen LogP contribution in [-0.2, 0) is 16.0 Å². The minimum Gasteiger partial charge on any atom is -0.367 e. The number of nitrogens with one attached hydrogen (secondary N) is 1. The van der Waals surface area contributed by atoms with Crippen LogP contribution in [0.4, 0.5) is 24.5 Å². The Bertz CT molecular complexity index is 882. The summed E-state index contributed by atoms with van der Waals surface area (Å²) in [6, 6.07) is 14.3. The van der Waals surface area contributed by atoms with Gasteiger partial charge in [-0.15, -0.1) is 0 Å². The predicted octanol–water partition coefficient (Wildman–Crippen LogP) is 3.73. The normalized spacial score (nSPS) is 14.6. The summed E-state index contributed by atoms with van der Waals surface area (Å²) in [5.74, 6) is -2.00. The molecule has 2 amide bonds. The minimum atomic E-state index is -4.86. The van der Waals surface area contributed by atoms with Gasteiger partial charge in [0.15, 0.2) is 0 Å². The maximum Gasteiger partial charge on any atom is 0.471 e. The zero-order chi connectivity index (χ0) is 21.0. The first-order chi connectivity index (χ1) is 13.7. The van der Waals surface area contributed by atoms with Crippen molar-refractivity contribution in [3.8, 4) is 0 Å². The highest BCUT2D eigenvalue weighted by Crippen LogP contribution is 2.30. The fraction of sp³-hybridized carbons (Fsp3) is 0.300. The predicted molar refractivity (Wildman–Crippen MR) is 105 cm³/mol. The summed E-state index contributed by atoms with van der Waals surface area (Å²) in [6.07, 6.45) is -4.63. The lowest BCUT2D eigenvalue weighted by molar-refractivity contribution is -0.185. The molecule has 0 aromatic heterocycles. The van der Waals surface area contributed by atoms with E-state index in [9.17, 15) is 22.8 Å². The number of amides is 2. The van der Waals surface area contributed by atoms with Crippen molar-refractivity contribution < 1.29 is 22.8 Å². The Morgan fingerprint density at radius 2 is 1.66 bits per heavy atom. The van der Waals surface area contributed by atoms with E-state index in [0.29, 0.717) is 16.4 Å². The van der Waals surface area contributed by atoms with Crippen molar-refractivity contribution in [2.24, 2.45) is 0 Å². The van der Waals surface area contributed by atoms with E-state index in [0.717, 1.165) is 10.5 Å². The molecule has 29 heavy (non-hydrogen) atoms. The van der Waals surface area contributed by atoms with Crippen LogP contribution in [0.5, 0.6) is 0 Å². The maximum atomic E-state index is 12.5. The van der Waals surface area contributed by atoms with E-state index in [1.165, 1.54) is 0 Å². The number of carbonyl (C=O) groups excluding carboxylic acids is 2. The zero-order valence-electron chi connectivity index (χ0n) is 15.4. The van der Waals surface area contributed by atoms with Crippen molar-refractivity contribution in [2.75, 3.05) is 36.4 Å². The lowest BCUT2D eigenvalue weighted by Gasteiger charge is -2.36. The molecule has 0 bridgehead atoms. The van der Waals surface area contributed by atoms with Gasteiger partial charge in [0.05, 0.1) is 17.1 Å². The number of hydrogen-bond acceptors (Lipinski definition) is 3. The number of benzene rings is 2. The van der Waals surface area contributed by atoms with Crippen molar-refractivity contribution in [3.63, 3.8) is 0 Å². The number of halogens is 4. The first-order valence-corrected chi connectivity index (χ1v) is 9.36. The summed E-state index contributed by atoms with van der Waals surface area (Å²) >= 11 is 6.32. The van der Waals surface area contributed by atoms with Crippen LogP contribution in [0.25, 0.3) is 0 Å². The number of hydrogen-bond donors (Lipinski definition) is 1. The molecule has 5 nitrogen and oxygen atoms in total. The van der Waals surface area contributed by atoms with Gasteiger partial charge in [0, 0.05) is 31.9 Å². The van der Waals surface area contributed by atoms with Gasteiger partial charge in [0.2, 0.25) is 5.91 Å². The van der Waals surface area contributed by atoms with E-state index in [4.69, 9.17) is 11.6 Å². The third-order valence-electron chi connectivity index (χ3n) is 4.59. The van der Waals surface area contributed by atoms with Gasteiger partial charge in [0.25, 0.3) is 0 Å². The molecule has 2 aromatic rings. The highest BCUT2D eigenvalue weighted by Gasteiger charge is 2.43. The number of carbonyl (C=O) groups is 2. The van der Waals surface area contributed by atoms with Gasteiger partial charge in [-0.05, 0) is 23.8 Å². The Balaban J connectivity index is 1.59. The molecule has 154 valence electrons. The maximum absolute atomic E-state index is 12.5. The van der Waals surface area contributed by atoms with Crippen LogP contribution in [0.15, 0.2) is 48.5 Å². The molecule has 9 heteroatoms. The second kappa shape index (κ2) is 8.73. The van der Waals surface area contributed by atoms with Gasteiger partial charge in [-0.3, -0.25) is 9.59 Å². The monoisotopic (exact) mass is 425 g/mol. The summed E-state index contributed by atoms with van der Waals surface area (Å²) in [5.41, 5.74) is 2.07. The van der Waals surface area contributed by atoms with Crippen molar-refractivity contribution in [1.82, 2.24) is 4.90 Å². The standard InChI is InChI=1S/C20H19ClF3N3O2/c21-16-13-15(25-18(28)12-14-4-2-1-3-5-14)6-7-17(16)26-8-10-27(11-9-26)19(29)20(22,23)24/h1-7,13H,8-12H2,(H,25,28). The lowest BCUT2D eigenvalue weighted by atomic mass is 10.1. The second-order valence-corrected chi connectivity index (χ2v) is 7.06. The smallest absolute Gasteiger partial charge is 0.367 e. The number of nitrogens with zero attached hydrogens (tertiary/aromatic N) is 2. The van der Waals surface area contributed by atoms with Crippen LogP contribution in [0.3, 0.4) is 0 Å². The van der Waals surface area contributed by atoms with Gasteiger partial charge in [0.1, 0.15) is 0 Å². The van der Waals surface area contributed by atoms with Gasteiger partial charge < -0.3 is 15.1 Å². The van der Waals surface area contributed by atoms with E-state index in [1.54, 1.807) is 18.2 Å². The topological polar surface area (TPSA) is 52.7 Å². The van der Waals surface area contributed by atoms with E-state index in [2.05, 4.69) is 5.32 Å². The number of alkyl halides is 3. The molecule has 0 unspecified atom stereocenters. The molecule has 2 aromatic carbocycles. The highest BCUT2D eigenvalue weighted by atomic mass is 35.5. The van der Waals surface area contributed by atoms with Gasteiger partial charge >= 0.3 is 12.1 Å². The molecule has 0 radical (unpaired) electrons. The van der Waals surface area contributed by atoms with E-state index in [1.807, 2.05) is 35.2 Å².